The van der Waals surface area contributed by atoms with E-state index in [-0.39, 0.29) is 11.4 Å². The highest BCUT2D eigenvalue weighted by molar-refractivity contribution is 6.34. The molecule has 1 aromatic heterocycles. The summed E-state index contributed by atoms with van der Waals surface area (Å²) in [5.41, 5.74) is 4.25. The molecule has 7 heteroatoms. The van der Waals surface area contributed by atoms with Crippen molar-refractivity contribution in [3.63, 3.8) is 0 Å². The Labute approximate surface area is 167 Å². The molecule has 0 amide bonds. The van der Waals surface area contributed by atoms with Gasteiger partial charge in [0, 0.05) is 22.1 Å². The number of Topliss-reactive ketones (excluding diaryl/α,β-unsaturated/α-hetero) is 1. The Kier molecular flexibility index (Phi) is 5.18. The van der Waals surface area contributed by atoms with Gasteiger partial charge in [0.2, 0.25) is 5.78 Å². The Bertz CT molecular complexity index is 1030. The second kappa shape index (κ2) is 7.25. The average molecular weight is 405 g/mol. The zero-order valence-electron chi connectivity index (χ0n) is 15.3. The van der Waals surface area contributed by atoms with Crippen LogP contribution in [0.5, 0.6) is 0 Å². The van der Waals surface area contributed by atoms with Crippen LogP contribution in [0, 0.1) is 13.8 Å². The fraction of sp³-hybridized carbons (Fsp3) is 0.200. The summed E-state index contributed by atoms with van der Waals surface area (Å²) in [6.45, 7) is 5.54. The highest BCUT2D eigenvalue weighted by atomic mass is 35.5. The number of halogens is 2. The number of aryl methyl sites for hydroxylation is 1. The number of methoxy groups -OCH3 is 1. The Morgan fingerprint density at radius 3 is 2.56 bits per heavy atom. The molecule has 2 heterocycles. The van der Waals surface area contributed by atoms with Crippen LogP contribution < -0.4 is 5.32 Å². The summed E-state index contributed by atoms with van der Waals surface area (Å²) in [5.74, 6) is -1.03. The van der Waals surface area contributed by atoms with Crippen molar-refractivity contribution in [3.8, 4) is 5.69 Å². The molecular weight excluding hydrogens is 387 g/mol. The maximum absolute atomic E-state index is 12.6. The SMILES string of the molecule is COC(=O)C1=C(C)N/C(=C\c2cc(C)n(-c3cc(Cl)ccc3Cl)c2C)C1=O. The number of allylic oxidation sites excluding steroid dienone is 2. The Balaban J connectivity index is 2.04. The van der Waals surface area contributed by atoms with Crippen LogP contribution in [-0.2, 0) is 14.3 Å². The van der Waals surface area contributed by atoms with Gasteiger partial charge >= 0.3 is 5.97 Å². The van der Waals surface area contributed by atoms with E-state index in [1.54, 1.807) is 31.2 Å². The number of hydrogen-bond acceptors (Lipinski definition) is 4. The third-order valence-corrected chi connectivity index (χ3v) is 5.03. The van der Waals surface area contributed by atoms with E-state index in [2.05, 4.69) is 10.1 Å². The van der Waals surface area contributed by atoms with Crippen molar-refractivity contribution in [1.82, 2.24) is 9.88 Å². The molecule has 0 unspecified atom stereocenters. The Morgan fingerprint density at radius 1 is 1.19 bits per heavy atom. The van der Waals surface area contributed by atoms with Gasteiger partial charge in [0.25, 0.3) is 0 Å². The van der Waals surface area contributed by atoms with E-state index in [9.17, 15) is 9.59 Å². The monoisotopic (exact) mass is 404 g/mol. The third-order valence-electron chi connectivity index (χ3n) is 4.48. The lowest BCUT2D eigenvalue weighted by molar-refractivity contribution is -0.137. The number of carbonyl (C=O) groups is 2. The van der Waals surface area contributed by atoms with Crippen LogP contribution >= 0.6 is 23.2 Å². The first-order valence-electron chi connectivity index (χ1n) is 8.21. The third kappa shape index (κ3) is 3.40. The molecule has 0 spiro atoms. The van der Waals surface area contributed by atoms with Gasteiger partial charge in [0.1, 0.15) is 5.57 Å². The quantitative estimate of drug-likeness (QED) is 0.468. The standard InChI is InChI=1S/C20H18Cl2N2O3/c1-10-7-13(8-16-19(25)18(11(2)23-16)20(26)27-4)12(3)24(10)17-9-14(21)5-6-15(17)22/h5-9,23H,1-4H3/b16-8-. The van der Waals surface area contributed by atoms with Crippen LogP contribution in [0.4, 0.5) is 0 Å². The number of rotatable bonds is 3. The van der Waals surface area contributed by atoms with Gasteiger partial charge in [0.05, 0.1) is 23.5 Å². The number of nitrogens with zero attached hydrogens (tertiary/aromatic N) is 1. The van der Waals surface area contributed by atoms with Gasteiger partial charge in [-0.3, -0.25) is 4.79 Å². The molecule has 1 aliphatic heterocycles. The van der Waals surface area contributed by atoms with E-state index in [0.717, 1.165) is 22.6 Å². The molecular formula is C20H18Cl2N2O3. The molecule has 1 N–H and O–H groups in total. The summed E-state index contributed by atoms with van der Waals surface area (Å²) in [6, 6.07) is 7.21. The highest BCUT2D eigenvalue weighted by Gasteiger charge is 2.31. The smallest absolute Gasteiger partial charge is 0.343 e. The number of carbonyl (C=O) groups excluding carboxylic acids is 2. The van der Waals surface area contributed by atoms with E-state index >= 15 is 0 Å². The summed E-state index contributed by atoms with van der Waals surface area (Å²) in [6.07, 6.45) is 1.72. The van der Waals surface area contributed by atoms with Crippen molar-refractivity contribution in [3.05, 3.63) is 68.2 Å². The number of ether oxygens (including phenoxy) is 1. The molecule has 3 rings (SSSR count). The number of nitrogens with one attached hydrogen (secondary N) is 1. The van der Waals surface area contributed by atoms with Gasteiger partial charge in [-0.15, -0.1) is 0 Å². The molecule has 5 nitrogen and oxygen atoms in total. The van der Waals surface area contributed by atoms with Gasteiger partial charge < -0.3 is 14.6 Å². The number of esters is 1. The zero-order valence-corrected chi connectivity index (χ0v) is 16.8. The first-order valence-corrected chi connectivity index (χ1v) is 8.97. The summed E-state index contributed by atoms with van der Waals surface area (Å²) in [7, 11) is 1.25. The lowest BCUT2D eigenvalue weighted by atomic mass is 10.1. The number of benzene rings is 1. The molecule has 1 aromatic carbocycles. The minimum absolute atomic E-state index is 0.0236. The fourth-order valence-electron chi connectivity index (χ4n) is 3.19. The lowest BCUT2D eigenvalue weighted by Gasteiger charge is -2.12. The van der Waals surface area contributed by atoms with E-state index in [0.29, 0.717) is 21.4 Å². The number of ketones is 1. The van der Waals surface area contributed by atoms with E-state index in [4.69, 9.17) is 23.2 Å². The molecule has 0 bridgehead atoms. The van der Waals surface area contributed by atoms with Gasteiger partial charge in [-0.25, -0.2) is 4.79 Å². The van der Waals surface area contributed by atoms with Gasteiger partial charge in [0.15, 0.2) is 0 Å². The normalized spacial score (nSPS) is 15.5. The largest absolute Gasteiger partial charge is 0.465 e. The van der Waals surface area contributed by atoms with Crippen LogP contribution in [0.2, 0.25) is 10.0 Å². The molecule has 0 saturated heterocycles. The zero-order chi connectivity index (χ0) is 19.9. The molecule has 0 aliphatic carbocycles. The molecule has 27 heavy (non-hydrogen) atoms. The maximum atomic E-state index is 12.6. The molecule has 0 saturated carbocycles. The van der Waals surface area contributed by atoms with Crippen molar-refractivity contribution in [2.45, 2.75) is 20.8 Å². The lowest BCUT2D eigenvalue weighted by Crippen LogP contribution is -2.13. The minimum Gasteiger partial charge on any atom is -0.465 e. The topological polar surface area (TPSA) is 60.3 Å². The van der Waals surface area contributed by atoms with Crippen molar-refractivity contribution in [2.75, 3.05) is 7.11 Å². The van der Waals surface area contributed by atoms with Crippen molar-refractivity contribution >= 4 is 41.0 Å². The minimum atomic E-state index is -0.649. The molecule has 2 aromatic rings. The van der Waals surface area contributed by atoms with E-state index < -0.39 is 5.97 Å². The van der Waals surface area contributed by atoms with Crippen LogP contribution in [0.1, 0.15) is 23.9 Å². The van der Waals surface area contributed by atoms with Crippen molar-refractivity contribution < 1.29 is 14.3 Å². The summed E-state index contributed by atoms with van der Waals surface area (Å²) in [5, 5.41) is 4.12. The highest BCUT2D eigenvalue weighted by Crippen LogP contribution is 2.30. The van der Waals surface area contributed by atoms with Crippen molar-refractivity contribution in [2.24, 2.45) is 0 Å². The summed E-state index contributed by atoms with van der Waals surface area (Å²) < 4.78 is 6.66. The van der Waals surface area contributed by atoms with Crippen LogP contribution in [0.25, 0.3) is 11.8 Å². The summed E-state index contributed by atoms with van der Waals surface area (Å²) >= 11 is 12.5. The molecule has 0 atom stereocenters. The Hall–Kier alpha value is -2.50. The first kappa shape index (κ1) is 19.3. The first-order chi connectivity index (χ1) is 12.7. The average Bonchev–Trinajstić information content (AvgIpc) is 3.05. The van der Waals surface area contributed by atoms with Gasteiger partial charge in [-0.2, -0.15) is 0 Å². The number of aromatic nitrogens is 1. The second-order valence-corrected chi connectivity index (χ2v) is 7.10. The van der Waals surface area contributed by atoms with Crippen molar-refractivity contribution in [1.29, 1.82) is 0 Å². The van der Waals surface area contributed by atoms with Crippen LogP contribution in [0.15, 0.2) is 41.2 Å². The number of hydrogen-bond donors (Lipinski definition) is 1. The molecule has 0 fully saturated rings. The summed E-state index contributed by atoms with van der Waals surface area (Å²) in [4.78, 5) is 24.4. The molecule has 0 radical (unpaired) electrons. The maximum Gasteiger partial charge on any atom is 0.343 e. The van der Waals surface area contributed by atoms with Gasteiger partial charge in [-0.05, 0) is 56.7 Å². The molecule has 140 valence electrons. The van der Waals surface area contributed by atoms with Gasteiger partial charge in [-0.1, -0.05) is 23.2 Å². The fourth-order valence-corrected chi connectivity index (χ4v) is 3.56. The predicted molar refractivity (Wildman–Crippen MR) is 106 cm³/mol. The second-order valence-electron chi connectivity index (χ2n) is 6.26. The Morgan fingerprint density at radius 2 is 1.89 bits per heavy atom. The van der Waals surface area contributed by atoms with E-state index in [1.165, 1.54) is 7.11 Å². The predicted octanol–water partition coefficient (Wildman–Crippen LogP) is 4.36. The van der Waals surface area contributed by atoms with Crippen LogP contribution in [-0.4, -0.2) is 23.4 Å². The molecule has 1 aliphatic rings. The van der Waals surface area contributed by atoms with Crippen LogP contribution in [0.3, 0.4) is 0 Å². The van der Waals surface area contributed by atoms with E-state index in [1.807, 2.05) is 24.5 Å².